The number of hydrogen-bond donors (Lipinski definition) is 1. The zero-order valence-corrected chi connectivity index (χ0v) is 21.5. The van der Waals surface area contributed by atoms with Crippen molar-refractivity contribution in [2.45, 2.75) is 69.2 Å². The lowest BCUT2D eigenvalue weighted by Crippen LogP contribution is -2.57. The molecule has 0 bridgehead atoms. The second-order valence-corrected chi connectivity index (χ2v) is 11.7. The van der Waals surface area contributed by atoms with Gasteiger partial charge in [-0.05, 0) is 75.2 Å². The van der Waals surface area contributed by atoms with E-state index < -0.39 is 0 Å². The molecule has 6 rings (SSSR count). The number of rotatable bonds is 5. The van der Waals surface area contributed by atoms with E-state index in [0.717, 1.165) is 74.6 Å². The molecule has 3 heterocycles. The van der Waals surface area contributed by atoms with Gasteiger partial charge in [0.15, 0.2) is 0 Å². The average Bonchev–Trinajstić information content (AvgIpc) is 3.46. The number of methoxy groups -OCH3 is 1. The molecule has 1 aromatic carbocycles. The molecule has 2 saturated carbocycles. The third kappa shape index (κ3) is 3.79. The van der Waals surface area contributed by atoms with E-state index in [1.54, 1.807) is 7.11 Å². The number of amides is 1. The maximum Gasteiger partial charge on any atom is 0.226 e. The fourth-order valence-corrected chi connectivity index (χ4v) is 7.61. The van der Waals surface area contributed by atoms with Crippen LogP contribution in [0.1, 0.15) is 75.1 Å². The molecule has 1 spiro atoms. The number of nitrogens with zero attached hydrogens (tertiary/aromatic N) is 3. The number of carbonyl (C=O) groups is 1. The van der Waals surface area contributed by atoms with Crippen LogP contribution in [0.2, 0.25) is 0 Å². The van der Waals surface area contributed by atoms with E-state index in [1.165, 1.54) is 43.2 Å². The average molecular weight is 480 g/mol. The number of piperidine rings is 1. The smallest absolute Gasteiger partial charge is 0.226 e. The van der Waals surface area contributed by atoms with Gasteiger partial charge < -0.3 is 24.2 Å². The number of benzene rings is 1. The fraction of sp³-hybridized carbons (Fsp3) is 0.690. The Kier molecular flexibility index (Phi) is 6.08. The minimum atomic E-state index is -0.274. The lowest BCUT2D eigenvalue weighted by atomic mass is 9.67. The molecular weight excluding hydrogens is 438 g/mol. The first-order chi connectivity index (χ1) is 17.0. The molecule has 3 fully saturated rings. The number of aromatic nitrogens is 1. The van der Waals surface area contributed by atoms with Crippen molar-refractivity contribution < 1.29 is 14.6 Å². The first kappa shape index (κ1) is 23.4. The van der Waals surface area contributed by atoms with Crippen LogP contribution in [0.3, 0.4) is 0 Å². The van der Waals surface area contributed by atoms with Crippen LogP contribution >= 0.6 is 0 Å². The van der Waals surface area contributed by atoms with Gasteiger partial charge >= 0.3 is 0 Å². The molecule has 1 aromatic heterocycles. The highest BCUT2D eigenvalue weighted by Crippen LogP contribution is 2.51. The molecule has 2 aromatic rings. The number of carbonyl (C=O) groups excluding carboxylic acids is 1. The number of hydrogen-bond acceptors (Lipinski definition) is 4. The lowest BCUT2D eigenvalue weighted by Gasteiger charge is -2.51. The van der Waals surface area contributed by atoms with Crippen molar-refractivity contribution in [3.63, 3.8) is 0 Å². The van der Waals surface area contributed by atoms with Crippen molar-refractivity contribution >= 4 is 16.8 Å². The van der Waals surface area contributed by atoms with E-state index in [1.807, 2.05) is 0 Å². The standard InChI is InChI=1S/C29H41N3O3/c1-30-24-16-22(35-2)10-11-23(24)26-27(30)25(18-33)32(28(34)21-8-5-9-21)19-29(26)12-14-31(15-13-29)17-20-6-3-4-7-20/h10-11,16,20-21,25,33H,3-9,12-15,17-19H2,1-2H3/t25-/m1/s1. The monoisotopic (exact) mass is 479 g/mol. The van der Waals surface area contributed by atoms with E-state index >= 15 is 0 Å². The Morgan fingerprint density at radius 2 is 1.86 bits per heavy atom. The molecule has 0 radical (unpaired) electrons. The molecular formula is C29H41N3O3. The van der Waals surface area contributed by atoms with Gasteiger partial charge in [0.1, 0.15) is 5.75 Å². The summed E-state index contributed by atoms with van der Waals surface area (Å²) in [6.45, 7) is 4.13. The predicted molar refractivity (Wildman–Crippen MR) is 138 cm³/mol. The maximum absolute atomic E-state index is 13.7. The van der Waals surface area contributed by atoms with Crippen molar-refractivity contribution in [3.8, 4) is 5.75 Å². The predicted octanol–water partition coefficient (Wildman–Crippen LogP) is 4.39. The quantitative estimate of drug-likeness (QED) is 0.691. The highest BCUT2D eigenvalue weighted by atomic mass is 16.5. The van der Waals surface area contributed by atoms with Gasteiger partial charge in [-0.2, -0.15) is 0 Å². The third-order valence-electron chi connectivity index (χ3n) is 9.86. The van der Waals surface area contributed by atoms with Crippen LogP contribution in [0.15, 0.2) is 18.2 Å². The van der Waals surface area contributed by atoms with Gasteiger partial charge in [-0.1, -0.05) is 19.3 Å². The second kappa shape index (κ2) is 9.11. The van der Waals surface area contributed by atoms with E-state index in [4.69, 9.17) is 4.74 Å². The number of aliphatic hydroxyl groups is 1. The van der Waals surface area contributed by atoms with E-state index in [-0.39, 0.29) is 29.9 Å². The first-order valence-electron chi connectivity index (χ1n) is 13.8. The summed E-state index contributed by atoms with van der Waals surface area (Å²) in [5.41, 5.74) is 3.60. The zero-order chi connectivity index (χ0) is 24.2. The van der Waals surface area contributed by atoms with Gasteiger partial charge in [0.05, 0.1) is 25.3 Å². The van der Waals surface area contributed by atoms with Gasteiger partial charge in [0.25, 0.3) is 0 Å². The molecule has 1 saturated heterocycles. The van der Waals surface area contributed by atoms with Crippen LogP contribution in [0.25, 0.3) is 10.9 Å². The van der Waals surface area contributed by atoms with E-state index in [9.17, 15) is 9.90 Å². The Morgan fingerprint density at radius 1 is 1.11 bits per heavy atom. The number of likely N-dealkylation sites (tertiary alicyclic amines) is 1. The molecule has 2 aliphatic heterocycles. The van der Waals surface area contributed by atoms with Crippen LogP contribution in [0.5, 0.6) is 5.75 Å². The summed E-state index contributed by atoms with van der Waals surface area (Å²) in [5.74, 6) is 2.11. The Morgan fingerprint density at radius 3 is 2.49 bits per heavy atom. The number of ether oxygens (including phenoxy) is 1. The van der Waals surface area contributed by atoms with Crippen molar-refractivity contribution in [3.05, 3.63) is 29.5 Å². The van der Waals surface area contributed by atoms with Crippen molar-refractivity contribution in [2.24, 2.45) is 18.9 Å². The summed E-state index contributed by atoms with van der Waals surface area (Å²) in [6, 6.07) is 6.11. The van der Waals surface area contributed by atoms with Gasteiger partial charge in [0, 0.05) is 48.6 Å². The Labute approximate surface area is 209 Å². The topological polar surface area (TPSA) is 57.9 Å². The summed E-state index contributed by atoms with van der Waals surface area (Å²) in [5, 5.41) is 11.9. The summed E-state index contributed by atoms with van der Waals surface area (Å²) < 4.78 is 7.79. The summed E-state index contributed by atoms with van der Waals surface area (Å²) in [6.07, 6.45) is 10.8. The summed E-state index contributed by atoms with van der Waals surface area (Å²) in [4.78, 5) is 18.4. The Bertz CT molecular complexity index is 1090. The third-order valence-corrected chi connectivity index (χ3v) is 9.86. The molecule has 1 N–H and O–H groups in total. The number of aliphatic hydroxyl groups excluding tert-OH is 1. The Hall–Kier alpha value is -2.05. The van der Waals surface area contributed by atoms with Gasteiger partial charge in [0.2, 0.25) is 5.91 Å². The molecule has 1 atom stereocenters. The van der Waals surface area contributed by atoms with E-state index in [2.05, 4.69) is 39.6 Å². The van der Waals surface area contributed by atoms with Crippen molar-refractivity contribution in [2.75, 3.05) is 39.9 Å². The molecule has 35 heavy (non-hydrogen) atoms. The fourth-order valence-electron chi connectivity index (χ4n) is 7.61. The van der Waals surface area contributed by atoms with Crippen LogP contribution in [0, 0.1) is 11.8 Å². The zero-order valence-electron chi connectivity index (χ0n) is 21.5. The normalized spacial score (nSPS) is 25.2. The second-order valence-electron chi connectivity index (χ2n) is 11.7. The summed E-state index contributed by atoms with van der Waals surface area (Å²) >= 11 is 0. The van der Waals surface area contributed by atoms with E-state index in [0.29, 0.717) is 0 Å². The molecule has 6 heteroatoms. The van der Waals surface area contributed by atoms with Crippen LogP contribution < -0.4 is 4.74 Å². The highest BCUT2D eigenvalue weighted by molar-refractivity contribution is 5.90. The minimum absolute atomic E-state index is 0.0311. The highest BCUT2D eigenvalue weighted by Gasteiger charge is 2.50. The van der Waals surface area contributed by atoms with Gasteiger partial charge in [-0.25, -0.2) is 0 Å². The molecule has 6 nitrogen and oxygen atoms in total. The minimum Gasteiger partial charge on any atom is -0.497 e. The van der Waals surface area contributed by atoms with Gasteiger partial charge in [-0.15, -0.1) is 0 Å². The van der Waals surface area contributed by atoms with Crippen molar-refractivity contribution in [1.29, 1.82) is 0 Å². The van der Waals surface area contributed by atoms with Crippen molar-refractivity contribution in [1.82, 2.24) is 14.4 Å². The molecule has 4 aliphatic rings. The van der Waals surface area contributed by atoms with Gasteiger partial charge in [-0.3, -0.25) is 4.79 Å². The summed E-state index contributed by atoms with van der Waals surface area (Å²) in [7, 11) is 3.81. The SMILES string of the molecule is COc1ccc2c3c(n(C)c2c1)[C@@H](CO)N(C(=O)C1CCC1)CC31CCN(CC2CCCC2)CC1. The maximum atomic E-state index is 13.7. The molecule has 0 unspecified atom stereocenters. The first-order valence-corrected chi connectivity index (χ1v) is 13.8. The van der Waals surface area contributed by atoms with Crippen LogP contribution in [-0.2, 0) is 17.3 Å². The largest absolute Gasteiger partial charge is 0.497 e. The van der Waals surface area contributed by atoms with Crippen LogP contribution in [-0.4, -0.2) is 65.3 Å². The molecule has 2 aliphatic carbocycles. The molecule has 1 amide bonds. The number of fused-ring (bicyclic) bond motifs is 4. The lowest BCUT2D eigenvalue weighted by molar-refractivity contribution is -0.144. The Balaban J connectivity index is 1.41. The molecule has 190 valence electrons. The number of aryl methyl sites for hydroxylation is 1. The van der Waals surface area contributed by atoms with Crippen LogP contribution in [0.4, 0.5) is 0 Å².